The van der Waals surface area contributed by atoms with E-state index in [9.17, 15) is 12.8 Å². The highest BCUT2D eigenvalue weighted by Crippen LogP contribution is 2.19. The molecule has 0 aliphatic carbocycles. The molecule has 0 aliphatic heterocycles. The molecule has 4 nitrogen and oxygen atoms in total. The lowest BCUT2D eigenvalue weighted by Gasteiger charge is -2.27. The molecule has 0 aliphatic rings. The average molecular weight is 226 g/mol. The van der Waals surface area contributed by atoms with Crippen LogP contribution in [0.4, 0.5) is 4.39 Å². The summed E-state index contributed by atoms with van der Waals surface area (Å²) in [6.07, 6.45) is 0.171. The molecule has 1 unspecified atom stereocenters. The fourth-order valence-corrected chi connectivity index (χ4v) is 2.05. The van der Waals surface area contributed by atoms with Crippen LogP contribution in [0.1, 0.15) is 27.2 Å². The second-order valence-electron chi connectivity index (χ2n) is 4.00. The Hall–Kier alpha value is -0.200. The molecule has 0 spiro atoms. The predicted molar refractivity (Wildman–Crippen MR) is 55.0 cm³/mol. The second kappa shape index (κ2) is 4.55. The van der Waals surface area contributed by atoms with E-state index in [4.69, 9.17) is 0 Å². The maximum atomic E-state index is 13.2. The summed E-state index contributed by atoms with van der Waals surface area (Å²) < 4.78 is 39.2. The largest absolute Gasteiger partial charge is 0.279 e. The molecule has 0 aromatic rings. The van der Waals surface area contributed by atoms with Gasteiger partial charge in [0.15, 0.2) is 0 Å². The molecule has 6 heteroatoms. The van der Waals surface area contributed by atoms with Crippen molar-refractivity contribution in [1.82, 2.24) is 9.03 Å². The Morgan fingerprint density at radius 1 is 1.50 bits per heavy atom. The van der Waals surface area contributed by atoms with Crippen molar-refractivity contribution in [3.05, 3.63) is 0 Å². The number of hydrogen-bond donors (Lipinski definition) is 1. The Bertz CT molecular complexity index is 272. The van der Waals surface area contributed by atoms with Crippen LogP contribution in [0.5, 0.6) is 0 Å². The van der Waals surface area contributed by atoms with Crippen molar-refractivity contribution >= 4 is 10.2 Å². The zero-order valence-corrected chi connectivity index (χ0v) is 10.2. The highest BCUT2D eigenvalue weighted by molar-refractivity contribution is 7.87. The standard InChI is InChI=1S/C8H19FN2O2S/c1-7(6-8(2,3)9)11(5)14(12,13)10-4/h7,10H,6H2,1-5H3. The number of nitrogens with one attached hydrogen (secondary N) is 1. The zero-order valence-electron chi connectivity index (χ0n) is 9.33. The molecule has 1 atom stereocenters. The first kappa shape index (κ1) is 13.8. The first-order valence-electron chi connectivity index (χ1n) is 4.45. The fraction of sp³-hybridized carbons (Fsp3) is 1.00. The van der Waals surface area contributed by atoms with Crippen molar-refractivity contribution in [2.24, 2.45) is 0 Å². The summed E-state index contributed by atoms with van der Waals surface area (Å²) >= 11 is 0. The first-order valence-corrected chi connectivity index (χ1v) is 5.89. The van der Waals surface area contributed by atoms with E-state index in [0.717, 1.165) is 4.31 Å². The van der Waals surface area contributed by atoms with E-state index in [1.165, 1.54) is 27.9 Å². The Labute approximate surface area is 85.7 Å². The van der Waals surface area contributed by atoms with E-state index in [1.54, 1.807) is 6.92 Å². The van der Waals surface area contributed by atoms with Gasteiger partial charge in [0.1, 0.15) is 5.67 Å². The van der Waals surface area contributed by atoms with Gasteiger partial charge in [0, 0.05) is 20.1 Å². The molecule has 0 aromatic heterocycles. The predicted octanol–water partition coefficient (Wildman–Crippen LogP) is 0.909. The Morgan fingerprint density at radius 3 is 2.21 bits per heavy atom. The number of rotatable bonds is 5. The molecule has 0 amide bonds. The molecule has 0 saturated carbocycles. The van der Waals surface area contributed by atoms with Crippen molar-refractivity contribution in [3.63, 3.8) is 0 Å². The van der Waals surface area contributed by atoms with Crippen LogP contribution in [-0.2, 0) is 10.2 Å². The summed E-state index contributed by atoms with van der Waals surface area (Å²) in [5.74, 6) is 0. The normalized spacial score (nSPS) is 15.9. The van der Waals surface area contributed by atoms with Crippen molar-refractivity contribution in [3.8, 4) is 0 Å². The lowest BCUT2D eigenvalue weighted by molar-refractivity contribution is 0.164. The van der Waals surface area contributed by atoms with Gasteiger partial charge in [0.2, 0.25) is 0 Å². The van der Waals surface area contributed by atoms with Gasteiger partial charge in [-0.3, -0.25) is 0 Å². The van der Waals surface area contributed by atoms with Crippen LogP contribution < -0.4 is 4.72 Å². The summed E-state index contributed by atoms with van der Waals surface area (Å²) in [5, 5.41) is 0. The van der Waals surface area contributed by atoms with Crippen molar-refractivity contribution in [2.75, 3.05) is 14.1 Å². The summed E-state index contributed by atoms with van der Waals surface area (Å²) in [6.45, 7) is 4.54. The van der Waals surface area contributed by atoms with E-state index in [2.05, 4.69) is 4.72 Å². The molecular weight excluding hydrogens is 207 g/mol. The van der Waals surface area contributed by atoms with Gasteiger partial charge in [-0.2, -0.15) is 12.7 Å². The topological polar surface area (TPSA) is 49.4 Å². The highest BCUT2D eigenvalue weighted by Gasteiger charge is 2.27. The second-order valence-corrected chi connectivity index (χ2v) is 5.93. The Kier molecular flexibility index (Phi) is 4.48. The molecule has 0 fully saturated rings. The van der Waals surface area contributed by atoms with Gasteiger partial charge in [-0.1, -0.05) is 0 Å². The van der Waals surface area contributed by atoms with Crippen molar-refractivity contribution in [1.29, 1.82) is 0 Å². The van der Waals surface area contributed by atoms with E-state index in [-0.39, 0.29) is 12.5 Å². The van der Waals surface area contributed by atoms with Crippen molar-refractivity contribution in [2.45, 2.75) is 38.9 Å². The van der Waals surface area contributed by atoms with Crippen LogP contribution in [0.25, 0.3) is 0 Å². The SMILES string of the molecule is CNS(=O)(=O)N(C)C(C)CC(C)(C)F. The molecule has 1 N–H and O–H groups in total. The lowest BCUT2D eigenvalue weighted by Crippen LogP contribution is -2.43. The molecule has 0 rings (SSSR count). The van der Waals surface area contributed by atoms with Gasteiger partial charge < -0.3 is 0 Å². The number of nitrogens with zero attached hydrogens (tertiary/aromatic N) is 1. The minimum atomic E-state index is -3.45. The highest BCUT2D eigenvalue weighted by atomic mass is 32.2. The molecule has 0 heterocycles. The van der Waals surface area contributed by atoms with Crippen LogP contribution in [-0.4, -0.2) is 38.5 Å². The maximum Gasteiger partial charge on any atom is 0.279 e. The Morgan fingerprint density at radius 2 is 1.93 bits per heavy atom. The van der Waals surface area contributed by atoms with Gasteiger partial charge >= 0.3 is 0 Å². The van der Waals surface area contributed by atoms with E-state index in [0.29, 0.717) is 0 Å². The molecule has 86 valence electrons. The van der Waals surface area contributed by atoms with Gasteiger partial charge in [-0.15, -0.1) is 0 Å². The van der Waals surface area contributed by atoms with Gasteiger partial charge in [0.25, 0.3) is 10.2 Å². The molecule has 14 heavy (non-hydrogen) atoms. The van der Waals surface area contributed by atoms with Crippen molar-refractivity contribution < 1.29 is 12.8 Å². The zero-order chi connectivity index (χ0) is 11.6. The molecular formula is C8H19FN2O2S. The maximum absolute atomic E-state index is 13.2. The van der Waals surface area contributed by atoms with Gasteiger partial charge in [0.05, 0.1) is 0 Å². The third-order valence-electron chi connectivity index (χ3n) is 2.04. The molecule has 0 bridgehead atoms. The van der Waals surface area contributed by atoms with Gasteiger partial charge in [-0.25, -0.2) is 9.11 Å². The third kappa shape index (κ3) is 4.34. The number of hydrogen-bond acceptors (Lipinski definition) is 2. The average Bonchev–Trinajstić information content (AvgIpc) is 2.00. The fourth-order valence-electron chi connectivity index (χ4n) is 1.21. The summed E-state index contributed by atoms with van der Waals surface area (Å²) in [7, 11) is -0.688. The van der Waals surface area contributed by atoms with E-state index in [1.807, 2.05) is 0 Å². The first-order chi connectivity index (χ1) is 6.10. The summed E-state index contributed by atoms with van der Waals surface area (Å²) in [6, 6.07) is -0.368. The smallest absolute Gasteiger partial charge is 0.244 e. The van der Waals surface area contributed by atoms with Crippen LogP contribution in [0, 0.1) is 0 Å². The van der Waals surface area contributed by atoms with Crippen LogP contribution >= 0.6 is 0 Å². The van der Waals surface area contributed by atoms with Gasteiger partial charge in [-0.05, 0) is 27.2 Å². The summed E-state index contributed by atoms with van der Waals surface area (Å²) in [4.78, 5) is 0. The third-order valence-corrected chi connectivity index (χ3v) is 3.67. The summed E-state index contributed by atoms with van der Waals surface area (Å²) in [5.41, 5.74) is -1.36. The van der Waals surface area contributed by atoms with Crippen LogP contribution in [0.3, 0.4) is 0 Å². The molecule has 0 aromatic carbocycles. The van der Waals surface area contributed by atoms with E-state index >= 15 is 0 Å². The number of alkyl halides is 1. The molecule has 0 saturated heterocycles. The van der Waals surface area contributed by atoms with Crippen LogP contribution in [0.2, 0.25) is 0 Å². The quantitative estimate of drug-likeness (QED) is 0.757. The number of halogens is 1. The van der Waals surface area contributed by atoms with E-state index < -0.39 is 15.9 Å². The molecule has 0 radical (unpaired) electrons. The monoisotopic (exact) mass is 226 g/mol. The van der Waals surface area contributed by atoms with Crippen LogP contribution in [0.15, 0.2) is 0 Å². The minimum absolute atomic E-state index is 0.171. The minimum Gasteiger partial charge on any atom is -0.244 e. The lowest BCUT2D eigenvalue weighted by atomic mass is 10.0. The Balaban J connectivity index is 4.49.